The molecular formula is C13H21NO. The maximum absolute atomic E-state index is 11.7. The Labute approximate surface area is 92.7 Å². The zero-order chi connectivity index (χ0) is 11.3. The molecule has 1 unspecified atom stereocenters. The molecule has 15 heavy (non-hydrogen) atoms. The van der Waals surface area contributed by atoms with Crippen LogP contribution in [0.5, 0.6) is 0 Å². The van der Waals surface area contributed by atoms with Crippen molar-refractivity contribution in [3.63, 3.8) is 0 Å². The first-order valence-corrected chi connectivity index (χ1v) is 5.95. The van der Waals surface area contributed by atoms with Gasteiger partial charge in [-0.05, 0) is 31.1 Å². The van der Waals surface area contributed by atoms with Gasteiger partial charge in [0.2, 0.25) is 0 Å². The van der Waals surface area contributed by atoms with Crippen LogP contribution in [-0.4, -0.2) is 5.78 Å². The van der Waals surface area contributed by atoms with Gasteiger partial charge in [0, 0.05) is 18.8 Å². The summed E-state index contributed by atoms with van der Waals surface area (Å²) in [5.74, 6) is 0.721. The summed E-state index contributed by atoms with van der Waals surface area (Å²) in [7, 11) is 0. The summed E-state index contributed by atoms with van der Waals surface area (Å²) in [6, 6.07) is 2.19. The normalized spacial score (nSPS) is 22.5. The Balaban J connectivity index is 2.44. The minimum Gasteiger partial charge on any atom is -0.299 e. The van der Waals surface area contributed by atoms with Crippen molar-refractivity contribution >= 4 is 5.78 Å². The number of rotatable bonds is 4. The lowest BCUT2D eigenvalue weighted by atomic mass is 9.74. The summed E-state index contributed by atoms with van der Waals surface area (Å²) in [4.78, 5) is 11.7. The third kappa shape index (κ3) is 4.03. The van der Waals surface area contributed by atoms with Gasteiger partial charge >= 0.3 is 0 Å². The minimum atomic E-state index is 0.146. The molecule has 0 N–H and O–H groups in total. The van der Waals surface area contributed by atoms with E-state index in [-0.39, 0.29) is 11.3 Å². The van der Waals surface area contributed by atoms with Crippen LogP contribution < -0.4 is 0 Å². The molecule has 2 heteroatoms. The van der Waals surface area contributed by atoms with Gasteiger partial charge in [-0.3, -0.25) is 4.79 Å². The highest BCUT2D eigenvalue weighted by Gasteiger charge is 2.29. The van der Waals surface area contributed by atoms with E-state index in [0.717, 1.165) is 32.1 Å². The summed E-state index contributed by atoms with van der Waals surface area (Å²) in [5, 5.41) is 8.57. The second-order valence-electron chi connectivity index (χ2n) is 5.44. The highest BCUT2D eigenvalue weighted by molar-refractivity contribution is 5.81. The van der Waals surface area contributed by atoms with E-state index in [2.05, 4.69) is 19.9 Å². The van der Waals surface area contributed by atoms with Crippen LogP contribution in [0.25, 0.3) is 0 Å². The number of ketones is 1. The number of hydrogen-bond donors (Lipinski definition) is 0. The van der Waals surface area contributed by atoms with Gasteiger partial charge in [0.25, 0.3) is 0 Å². The SMILES string of the molecule is CC(C)(CCC#N)CC1CCCCC1=O. The second-order valence-corrected chi connectivity index (χ2v) is 5.44. The fraction of sp³-hybridized carbons (Fsp3) is 0.846. The Morgan fingerprint density at radius 2 is 2.20 bits per heavy atom. The molecule has 0 bridgehead atoms. The predicted octanol–water partition coefficient (Wildman–Crippen LogP) is 3.47. The van der Waals surface area contributed by atoms with Crippen LogP contribution in [0, 0.1) is 22.7 Å². The lowest BCUT2D eigenvalue weighted by Crippen LogP contribution is -2.25. The summed E-state index contributed by atoms with van der Waals surface area (Å²) < 4.78 is 0. The van der Waals surface area contributed by atoms with Crippen LogP contribution in [-0.2, 0) is 4.79 Å². The zero-order valence-corrected chi connectivity index (χ0v) is 9.88. The average Bonchev–Trinajstić information content (AvgIpc) is 2.18. The van der Waals surface area contributed by atoms with Gasteiger partial charge in [-0.25, -0.2) is 0 Å². The monoisotopic (exact) mass is 207 g/mol. The lowest BCUT2D eigenvalue weighted by molar-refractivity contribution is -0.125. The van der Waals surface area contributed by atoms with Gasteiger partial charge in [-0.1, -0.05) is 20.3 Å². The van der Waals surface area contributed by atoms with Gasteiger partial charge in [0.1, 0.15) is 5.78 Å². The summed E-state index contributed by atoms with van der Waals surface area (Å²) in [6.07, 6.45) is 6.60. The maximum Gasteiger partial charge on any atom is 0.135 e. The molecule has 0 amide bonds. The van der Waals surface area contributed by atoms with Crippen molar-refractivity contribution in [2.45, 2.75) is 58.8 Å². The molecule has 1 aliphatic rings. The number of carbonyl (C=O) groups is 1. The molecule has 0 aromatic carbocycles. The van der Waals surface area contributed by atoms with Gasteiger partial charge in [-0.15, -0.1) is 0 Å². The van der Waals surface area contributed by atoms with E-state index in [0.29, 0.717) is 12.2 Å². The van der Waals surface area contributed by atoms with E-state index in [4.69, 9.17) is 5.26 Å². The predicted molar refractivity (Wildman–Crippen MR) is 60.2 cm³/mol. The molecular weight excluding hydrogens is 186 g/mol. The van der Waals surface area contributed by atoms with Crippen LogP contribution in [0.2, 0.25) is 0 Å². The van der Waals surface area contributed by atoms with Gasteiger partial charge in [-0.2, -0.15) is 5.26 Å². The third-order valence-corrected chi connectivity index (χ3v) is 3.39. The topological polar surface area (TPSA) is 40.9 Å². The van der Waals surface area contributed by atoms with E-state index in [1.54, 1.807) is 0 Å². The van der Waals surface area contributed by atoms with Crippen molar-refractivity contribution < 1.29 is 4.79 Å². The highest BCUT2D eigenvalue weighted by Crippen LogP contribution is 2.35. The molecule has 0 aromatic heterocycles. The average molecular weight is 207 g/mol. The van der Waals surface area contributed by atoms with Crippen LogP contribution in [0.4, 0.5) is 0 Å². The largest absolute Gasteiger partial charge is 0.299 e. The maximum atomic E-state index is 11.7. The lowest BCUT2D eigenvalue weighted by Gasteiger charge is -2.30. The van der Waals surface area contributed by atoms with Crippen LogP contribution >= 0.6 is 0 Å². The molecule has 1 rings (SSSR count). The van der Waals surface area contributed by atoms with Gasteiger partial charge in [0.15, 0.2) is 0 Å². The molecule has 0 saturated heterocycles. The molecule has 0 radical (unpaired) electrons. The van der Waals surface area contributed by atoms with Crippen molar-refractivity contribution in [2.24, 2.45) is 11.3 Å². The van der Waals surface area contributed by atoms with E-state index in [1.807, 2.05) is 0 Å². The Morgan fingerprint density at radius 1 is 1.47 bits per heavy atom. The first kappa shape index (κ1) is 12.2. The molecule has 84 valence electrons. The molecule has 0 aliphatic heterocycles. The first-order valence-electron chi connectivity index (χ1n) is 5.95. The Hall–Kier alpha value is -0.840. The van der Waals surface area contributed by atoms with Crippen molar-refractivity contribution in [3.05, 3.63) is 0 Å². The Bertz CT molecular complexity index is 262. The van der Waals surface area contributed by atoms with Crippen LogP contribution in [0.3, 0.4) is 0 Å². The number of carbonyl (C=O) groups excluding carboxylic acids is 1. The number of Topliss-reactive ketones (excluding diaryl/α,β-unsaturated/α-hetero) is 1. The Morgan fingerprint density at radius 3 is 2.80 bits per heavy atom. The smallest absolute Gasteiger partial charge is 0.135 e. The fourth-order valence-electron chi connectivity index (χ4n) is 2.43. The molecule has 2 nitrogen and oxygen atoms in total. The van der Waals surface area contributed by atoms with Crippen molar-refractivity contribution in [3.8, 4) is 6.07 Å². The second kappa shape index (κ2) is 5.30. The zero-order valence-electron chi connectivity index (χ0n) is 9.88. The van der Waals surface area contributed by atoms with E-state index < -0.39 is 0 Å². The van der Waals surface area contributed by atoms with E-state index in [1.165, 1.54) is 6.42 Å². The minimum absolute atomic E-state index is 0.146. The number of hydrogen-bond acceptors (Lipinski definition) is 2. The molecule has 1 aliphatic carbocycles. The number of nitriles is 1. The van der Waals surface area contributed by atoms with Crippen LogP contribution in [0.1, 0.15) is 58.8 Å². The van der Waals surface area contributed by atoms with Gasteiger partial charge < -0.3 is 0 Å². The third-order valence-electron chi connectivity index (χ3n) is 3.39. The van der Waals surface area contributed by atoms with Crippen LogP contribution in [0.15, 0.2) is 0 Å². The molecule has 0 aromatic rings. The van der Waals surface area contributed by atoms with E-state index in [9.17, 15) is 4.79 Å². The van der Waals surface area contributed by atoms with Gasteiger partial charge in [0.05, 0.1) is 6.07 Å². The summed E-state index contributed by atoms with van der Waals surface area (Å²) >= 11 is 0. The first-order chi connectivity index (χ1) is 7.05. The van der Waals surface area contributed by atoms with Crippen molar-refractivity contribution in [1.82, 2.24) is 0 Å². The quantitative estimate of drug-likeness (QED) is 0.708. The molecule has 1 fully saturated rings. The van der Waals surface area contributed by atoms with E-state index >= 15 is 0 Å². The summed E-state index contributed by atoms with van der Waals surface area (Å²) in [6.45, 7) is 4.35. The molecule has 0 heterocycles. The number of nitrogens with zero attached hydrogens (tertiary/aromatic N) is 1. The highest BCUT2D eigenvalue weighted by atomic mass is 16.1. The summed E-state index contributed by atoms with van der Waals surface area (Å²) in [5.41, 5.74) is 0.146. The molecule has 1 saturated carbocycles. The fourth-order valence-corrected chi connectivity index (χ4v) is 2.43. The Kier molecular flexibility index (Phi) is 4.32. The van der Waals surface area contributed by atoms with Crippen molar-refractivity contribution in [1.29, 1.82) is 5.26 Å². The van der Waals surface area contributed by atoms with Crippen molar-refractivity contribution in [2.75, 3.05) is 0 Å². The molecule has 1 atom stereocenters. The standard InChI is InChI=1S/C13H21NO/c1-13(2,8-5-9-14)10-11-6-3-4-7-12(11)15/h11H,3-8,10H2,1-2H3. The molecule has 0 spiro atoms.